The maximum absolute atomic E-state index is 12.1. The molecule has 2 fully saturated rings. The third-order valence-corrected chi connectivity index (χ3v) is 6.04. The van der Waals surface area contributed by atoms with Gasteiger partial charge < -0.3 is 5.32 Å². The van der Waals surface area contributed by atoms with E-state index in [1.54, 1.807) is 0 Å². The van der Waals surface area contributed by atoms with E-state index in [0.29, 0.717) is 6.54 Å². The first kappa shape index (κ1) is 13.3. The van der Waals surface area contributed by atoms with Gasteiger partial charge in [0.2, 0.25) is 10.0 Å². The predicted octanol–water partition coefficient (Wildman–Crippen LogP) is 1.24. The van der Waals surface area contributed by atoms with Crippen LogP contribution in [0.2, 0.25) is 0 Å². The van der Waals surface area contributed by atoms with E-state index >= 15 is 0 Å². The van der Waals surface area contributed by atoms with Gasteiger partial charge in [-0.15, -0.1) is 0 Å². The third-order valence-electron chi connectivity index (χ3n) is 4.15. The smallest absolute Gasteiger partial charge is 0.214 e. The standard InChI is InChI=1S/C12H24N2O2S/c1-13-9-12(7-8-12)10-14-17(15,16)11-5-3-2-4-6-11/h11,13-14H,2-10H2,1H3. The fourth-order valence-corrected chi connectivity index (χ4v) is 4.41. The van der Waals surface area contributed by atoms with E-state index < -0.39 is 10.0 Å². The molecule has 2 rings (SSSR count). The lowest BCUT2D eigenvalue weighted by Gasteiger charge is -2.23. The van der Waals surface area contributed by atoms with Crippen molar-refractivity contribution in [3.8, 4) is 0 Å². The molecule has 0 aromatic rings. The molecular formula is C12H24N2O2S. The van der Waals surface area contributed by atoms with Gasteiger partial charge in [0, 0.05) is 13.1 Å². The zero-order valence-corrected chi connectivity index (χ0v) is 11.5. The molecule has 2 aliphatic rings. The molecule has 0 saturated heterocycles. The molecule has 0 spiro atoms. The second kappa shape index (κ2) is 5.24. The minimum Gasteiger partial charge on any atom is -0.319 e. The van der Waals surface area contributed by atoms with Gasteiger partial charge in [-0.1, -0.05) is 19.3 Å². The SMILES string of the molecule is CNCC1(CNS(=O)(=O)C2CCCCC2)CC1. The van der Waals surface area contributed by atoms with E-state index in [2.05, 4.69) is 10.0 Å². The Morgan fingerprint density at radius 3 is 2.29 bits per heavy atom. The molecule has 4 nitrogen and oxygen atoms in total. The number of sulfonamides is 1. The van der Waals surface area contributed by atoms with Crippen LogP contribution in [0.3, 0.4) is 0 Å². The molecule has 0 aliphatic heterocycles. The quantitative estimate of drug-likeness (QED) is 0.755. The van der Waals surface area contributed by atoms with Crippen molar-refractivity contribution in [1.29, 1.82) is 0 Å². The second-order valence-corrected chi connectivity index (χ2v) is 7.70. The zero-order valence-electron chi connectivity index (χ0n) is 10.7. The van der Waals surface area contributed by atoms with E-state index in [0.717, 1.165) is 45.1 Å². The normalized spacial score (nSPS) is 24.8. The van der Waals surface area contributed by atoms with Crippen LogP contribution in [0.1, 0.15) is 44.9 Å². The molecule has 2 saturated carbocycles. The summed E-state index contributed by atoms with van der Waals surface area (Å²) in [5.41, 5.74) is 0.205. The van der Waals surface area contributed by atoms with Crippen molar-refractivity contribution >= 4 is 10.0 Å². The minimum absolute atomic E-state index is 0.137. The Morgan fingerprint density at radius 1 is 1.12 bits per heavy atom. The van der Waals surface area contributed by atoms with Crippen molar-refractivity contribution < 1.29 is 8.42 Å². The summed E-state index contributed by atoms with van der Waals surface area (Å²) < 4.78 is 27.1. The molecule has 2 N–H and O–H groups in total. The van der Waals surface area contributed by atoms with Gasteiger partial charge in [-0.05, 0) is 38.1 Å². The van der Waals surface area contributed by atoms with Gasteiger partial charge in [-0.2, -0.15) is 0 Å². The maximum Gasteiger partial charge on any atom is 0.214 e. The van der Waals surface area contributed by atoms with Crippen molar-refractivity contribution in [3.63, 3.8) is 0 Å². The van der Waals surface area contributed by atoms with E-state index in [9.17, 15) is 8.42 Å². The fourth-order valence-electron chi connectivity index (χ4n) is 2.71. The Hall–Kier alpha value is -0.130. The number of rotatable bonds is 6. The number of hydrogen-bond donors (Lipinski definition) is 2. The summed E-state index contributed by atoms with van der Waals surface area (Å²) in [6, 6.07) is 0. The van der Waals surface area contributed by atoms with Gasteiger partial charge in [-0.3, -0.25) is 0 Å². The summed E-state index contributed by atoms with van der Waals surface area (Å²) in [4.78, 5) is 0. The molecule has 0 unspecified atom stereocenters. The van der Waals surface area contributed by atoms with Crippen LogP contribution < -0.4 is 10.0 Å². The topological polar surface area (TPSA) is 58.2 Å². The highest BCUT2D eigenvalue weighted by Gasteiger charge is 2.43. The molecule has 0 aromatic carbocycles. The first-order valence-corrected chi connectivity index (χ1v) is 8.26. The van der Waals surface area contributed by atoms with Crippen LogP contribution in [-0.2, 0) is 10.0 Å². The molecule has 0 atom stereocenters. The lowest BCUT2D eigenvalue weighted by atomic mass is 10.0. The number of hydrogen-bond acceptors (Lipinski definition) is 3. The van der Waals surface area contributed by atoms with E-state index in [-0.39, 0.29) is 10.7 Å². The molecule has 17 heavy (non-hydrogen) atoms. The van der Waals surface area contributed by atoms with E-state index in [4.69, 9.17) is 0 Å². The molecule has 0 heterocycles. The highest BCUT2D eigenvalue weighted by atomic mass is 32.2. The summed E-state index contributed by atoms with van der Waals surface area (Å²) in [6.45, 7) is 1.53. The van der Waals surface area contributed by atoms with E-state index in [1.807, 2.05) is 7.05 Å². The molecule has 100 valence electrons. The monoisotopic (exact) mass is 260 g/mol. The molecular weight excluding hydrogens is 236 g/mol. The molecule has 0 amide bonds. The predicted molar refractivity (Wildman–Crippen MR) is 69.4 cm³/mol. The van der Waals surface area contributed by atoms with Crippen LogP contribution in [0, 0.1) is 5.41 Å². The summed E-state index contributed by atoms with van der Waals surface area (Å²) in [6.07, 6.45) is 7.28. The number of nitrogens with one attached hydrogen (secondary N) is 2. The van der Waals surface area contributed by atoms with Crippen LogP contribution in [-0.4, -0.2) is 33.8 Å². The van der Waals surface area contributed by atoms with Crippen molar-refractivity contribution in [2.75, 3.05) is 20.1 Å². The Labute approximate surface area is 105 Å². The summed E-state index contributed by atoms with van der Waals surface area (Å²) >= 11 is 0. The average Bonchev–Trinajstić information content (AvgIpc) is 3.09. The molecule has 0 bridgehead atoms. The molecule has 5 heteroatoms. The first-order chi connectivity index (χ1) is 8.08. The van der Waals surface area contributed by atoms with Gasteiger partial charge in [0.1, 0.15) is 0 Å². The minimum atomic E-state index is -3.07. The van der Waals surface area contributed by atoms with E-state index in [1.165, 1.54) is 6.42 Å². The van der Waals surface area contributed by atoms with Crippen molar-refractivity contribution in [3.05, 3.63) is 0 Å². The highest BCUT2D eigenvalue weighted by Crippen LogP contribution is 2.44. The third kappa shape index (κ3) is 3.42. The van der Waals surface area contributed by atoms with Crippen LogP contribution in [0.5, 0.6) is 0 Å². The molecule has 0 aromatic heterocycles. The van der Waals surface area contributed by atoms with Crippen molar-refractivity contribution in [2.24, 2.45) is 5.41 Å². The second-order valence-electron chi connectivity index (χ2n) is 5.66. The zero-order chi connectivity index (χ0) is 12.4. The lowest BCUT2D eigenvalue weighted by molar-refractivity contribution is 0.449. The average molecular weight is 260 g/mol. The largest absolute Gasteiger partial charge is 0.319 e. The van der Waals surface area contributed by atoms with Gasteiger partial charge in [-0.25, -0.2) is 13.1 Å². The summed E-state index contributed by atoms with van der Waals surface area (Å²) in [7, 11) is -1.15. The highest BCUT2D eigenvalue weighted by molar-refractivity contribution is 7.90. The summed E-state index contributed by atoms with van der Waals surface area (Å²) in [5, 5.41) is 3.01. The van der Waals surface area contributed by atoms with Crippen molar-refractivity contribution in [1.82, 2.24) is 10.0 Å². The Kier molecular flexibility index (Phi) is 4.10. The summed E-state index contributed by atoms with van der Waals surface area (Å²) in [5.74, 6) is 0. The fraction of sp³-hybridized carbons (Fsp3) is 1.00. The maximum atomic E-state index is 12.1. The Balaban J connectivity index is 1.84. The Bertz CT molecular complexity index is 344. The van der Waals surface area contributed by atoms with Crippen molar-refractivity contribution in [2.45, 2.75) is 50.2 Å². The van der Waals surface area contributed by atoms with Crippen LogP contribution >= 0.6 is 0 Å². The lowest BCUT2D eigenvalue weighted by Crippen LogP contribution is -2.40. The Morgan fingerprint density at radius 2 is 1.76 bits per heavy atom. The molecule has 0 radical (unpaired) electrons. The van der Waals surface area contributed by atoms with Gasteiger partial charge in [0.25, 0.3) is 0 Å². The van der Waals surface area contributed by atoms with Crippen LogP contribution in [0.4, 0.5) is 0 Å². The molecule has 2 aliphatic carbocycles. The van der Waals surface area contributed by atoms with Gasteiger partial charge in [0.15, 0.2) is 0 Å². The van der Waals surface area contributed by atoms with Gasteiger partial charge in [0.05, 0.1) is 5.25 Å². The van der Waals surface area contributed by atoms with Crippen LogP contribution in [0.15, 0.2) is 0 Å². The van der Waals surface area contributed by atoms with Crippen LogP contribution in [0.25, 0.3) is 0 Å². The first-order valence-electron chi connectivity index (χ1n) is 6.71. The van der Waals surface area contributed by atoms with Gasteiger partial charge >= 0.3 is 0 Å².